The van der Waals surface area contributed by atoms with Gasteiger partial charge in [0.25, 0.3) is 0 Å². The smallest absolute Gasteiger partial charge is 0.335 e. The molecule has 2 heterocycles. The van der Waals surface area contributed by atoms with E-state index in [2.05, 4.69) is 15.3 Å². The molecule has 0 aromatic carbocycles. The molecule has 29 heavy (non-hydrogen) atoms. The lowest BCUT2D eigenvalue weighted by Crippen LogP contribution is -2.39. The largest absolute Gasteiger partial charge is 0.503 e. The first-order valence-corrected chi connectivity index (χ1v) is 9.48. The van der Waals surface area contributed by atoms with Gasteiger partial charge in [0, 0.05) is 19.4 Å². The topological polar surface area (TPSA) is 121 Å². The average molecular weight is 411 g/mol. The summed E-state index contributed by atoms with van der Waals surface area (Å²) in [7, 11) is 1.62. The van der Waals surface area contributed by atoms with Crippen LogP contribution in [0.2, 0.25) is 0 Å². The number of carbonyl (C=O) groups is 1. The molecule has 162 valence electrons. The number of esters is 1. The van der Waals surface area contributed by atoms with Gasteiger partial charge in [-0.2, -0.15) is 0 Å². The number of rotatable bonds is 13. The molecule has 2 N–H and O–H groups in total. The molecule has 1 atom stereocenters. The Bertz CT molecular complexity index is 698. The van der Waals surface area contributed by atoms with E-state index >= 15 is 0 Å². The van der Waals surface area contributed by atoms with Crippen molar-refractivity contribution in [3.05, 3.63) is 18.0 Å². The predicted molar refractivity (Wildman–Crippen MR) is 104 cm³/mol. The highest BCUT2D eigenvalue weighted by atomic mass is 16.6. The number of ether oxygens (including phenoxy) is 5. The summed E-state index contributed by atoms with van der Waals surface area (Å²) in [6.07, 6.45) is 1.50. The molecule has 0 aliphatic carbocycles. The van der Waals surface area contributed by atoms with Crippen molar-refractivity contribution in [3.8, 4) is 11.5 Å². The minimum atomic E-state index is -1.06. The van der Waals surface area contributed by atoms with E-state index in [9.17, 15) is 9.90 Å². The lowest BCUT2D eigenvalue weighted by Gasteiger charge is -2.16. The summed E-state index contributed by atoms with van der Waals surface area (Å²) < 4.78 is 26.2. The van der Waals surface area contributed by atoms with E-state index in [1.54, 1.807) is 27.0 Å². The number of aromatic hydroxyl groups is 1. The predicted octanol–water partition coefficient (Wildman–Crippen LogP) is 0.517. The lowest BCUT2D eigenvalue weighted by molar-refractivity contribution is -0.148. The number of pyridine rings is 1. The van der Waals surface area contributed by atoms with Gasteiger partial charge in [-0.15, -0.1) is 0 Å². The number of nitrogens with one attached hydrogen (secondary N) is 1. The minimum Gasteiger partial charge on any atom is -0.503 e. The first kappa shape index (κ1) is 22.9. The van der Waals surface area contributed by atoms with Gasteiger partial charge in [0.2, 0.25) is 0 Å². The number of amidine groups is 1. The Morgan fingerprint density at radius 2 is 1.90 bits per heavy atom. The van der Waals surface area contributed by atoms with Gasteiger partial charge in [-0.3, -0.25) is 0 Å². The van der Waals surface area contributed by atoms with Crippen LogP contribution in [0.1, 0.15) is 19.5 Å². The summed E-state index contributed by atoms with van der Waals surface area (Å²) in [5.74, 6) is -0.0235. The highest BCUT2D eigenvalue weighted by Gasteiger charge is 2.40. The molecule has 0 spiro atoms. The zero-order chi connectivity index (χ0) is 21.1. The van der Waals surface area contributed by atoms with E-state index < -0.39 is 11.5 Å². The van der Waals surface area contributed by atoms with Crippen LogP contribution in [0.15, 0.2) is 17.3 Å². The van der Waals surface area contributed by atoms with E-state index in [4.69, 9.17) is 23.7 Å². The van der Waals surface area contributed by atoms with Crippen LogP contribution < -0.4 is 10.1 Å². The summed E-state index contributed by atoms with van der Waals surface area (Å²) in [6, 6.07) is 1.55. The Hall–Kier alpha value is -2.43. The second-order valence-electron chi connectivity index (χ2n) is 6.38. The summed E-state index contributed by atoms with van der Waals surface area (Å²) in [4.78, 5) is 20.6. The second-order valence-corrected chi connectivity index (χ2v) is 6.38. The van der Waals surface area contributed by atoms with Gasteiger partial charge in [-0.05, 0) is 13.8 Å². The van der Waals surface area contributed by atoms with E-state index in [0.29, 0.717) is 38.9 Å². The number of aliphatic imine (C=N–C) groups is 1. The Morgan fingerprint density at radius 1 is 1.21 bits per heavy atom. The van der Waals surface area contributed by atoms with Crippen molar-refractivity contribution < 1.29 is 33.6 Å². The molecule has 0 amide bonds. The molecule has 1 aromatic heterocycles. The standard InChI is InChI=1S/C19H29N3O7/c1-4-28-18(24)19(2)13-21-17(22-19)15-16(23)14(5-6-20-15)29-12-11-27-10-9-26-8-7-25-3/h5-6,23H,4,7-13H2,1-3H3,(H,21,22). The molecular formula is C19H29N3O7. The zero-order valence-electron chi connectivity index (χ0n) is 17.1. The molecule has 1 aromatic rings. The molecule has 2 rings (SSSR count). The van der Waals surface area contributed by atoms with Crippen LogP contribution in [0.5, 0.6) is 11.5 Å². The third-order valence-electron chi connectivity index (χ3n) is 4.07. The van der Waals surface area contributed by atoms with Crippen LogP contribution in [0, 0.1) is 0 Å². The molecule has 1 aliphatic heterocycles. The number of hydrogen-bond acceptors (Lipinski definition) is 10. The van der Waals surface area contributed by atoms with Gasteiger partial charge >= 0.3 is 5.97 Å². The minimum absolute atomic E-state index is 0.158. The molecule has 0 bridgehead atoms. The third kappa shape index (κ3) is 6.55. The Kier molecular flexibility index (Phi) is 9.10. The van der Waals surface area contributed by atoms with Crippen molar-refractivity contribution in [1.82, 2.24) is 10.3 Å². The van der Waals surface area contributed by atoms with Crippen molar-refractivity contribution >= 4 is 11.8 Å². The molecule has 0 fully saturated rings. The van der Waals surface area contributed by atoms with Gasteiger partial charge in [0.1, 0.15) is 6.61 Å². The number of carbonyl (C=O) groups excluding carboxylic acids is 1. The lowest BCUT2D eigenvalue weighted by atomic mass is 10.1. The summed E-state index contributed by atoms with van der Waals surface area (Å²) in [5, 5.41) is 13.5. The van der Waals surface area contributed by atoms with Crippen molar-refractivity contribution in [2.24, 2.45) is 4.99 Å². The molecule has 10 nitrogen and oxygen atoms in total. The van der Waals surface area contributed by atoms with Crippen molar-refractivity contribution in [2.45, 2.75) is 19.4 Å². The SMILES string of the molecule is CCOC(=O)C1(C)CNC(c2nccc(OCCOCCOCCOC)c2O)=N1. The monoisotopic (exact) mass is 411 g/mol. The molecule has 1 aliphatic rings. The van der Waals surface area contributed by atoms with E-state index in [1.807, 2.05) is 0 Å². The molecule has 1 unspecified atom stereocenters. The van der Waals surface area contributed by atoms with Gasteiger partial charge < -0.3 is 34.1 Å². The number of aromatic nitrogens is 1. The molecule has 0 saturated heterocycles. The number of methoxy groups -OCH3 is 1. The summed E-state index contributed by atoms with van der Waals surface area (Å²) in [5.41, 5.74) is -0.849. The van der Waals surface area contributed by atoms with Gasteiger partial charge in [0.15, 0.2) is 28.6 Å². The molecule has 10 heteroatoms. The van der Waals surface area contributed by atoms with Crippen LogP contribution in [-0.2, 0) is 23.7 Å². The third-order valence-corrected chi connectivity index (χ3v) is 4.07. The Labute approximate surface area is 170 Å². The normalized spacial score (nSPS) is 18.2. The van der Waals surface area contributed by atoms with Gasteiger partial charge in [-0.25, -0.2) is 14.8 Å². The van der Waals surface area contributed by atoms with E-state index in [-0.39, 0.29) is 37.0 Å². The van der Waals surface area contributed by atoms with Crippen LogP contribution in [0.4, 0.5) is 0 Å². The maximum Gasteiger partial charge on any atom is 0.335 e. The van der Waals surface area contributed by atoms with Crippen LogP contribution in [0.25, 0.3) is 0 Å². The molecule has 0 saturated carbocycles. The number of hydrogen-bond donors (Lipinski definition) is 2. The van der Waals surface area contributed by atoms with Crippen LogP contribution >= 0.6 is 0 Å². The first-order chi connectivity index (χ1) is 14.0. The highest BCUT2D eigenvalue weighted by Crippen LogP contribution is 2.30. The average Bonchev–Trinajstić information content (AvgIpc) is 3.11. The quantitative estimate of drug-likeness (QED) is 0.353. The first-order valence-electron chi connectivity index (χ1n) is 9.48. The maximum absolute atomic E-state index is 12.1. The Morgan fingerprint density at radius 3 is 2.59 bits per heavy atom. The fourth-order valence-electron chi connectivity index (χ4n) is 2.52. The van der Waals surface area contributed by atoms with Gasteiger partial charge in [0.05, 0.1) is 46.2 Å². The Balaban J connectivity index is 1.86. The van der Waals surface area contributed by atoms with Crippen molar-refractivity contribution in [3.63, 3.8) is 0 Å². The highest BCUT2D eigenvalue weighted by molar-refractivity contribution is 6.04. The fraction of sp³-hybridized carbons (Fsp3) is 0.632. The summed E-state index contributed by atoms with van der Waals surface area (Å²) >= 11 is 0. The van der Waals surface area contributed by atoms with Crippen molar-refractivity contribution in [2.75, 3.05) is 59.9 Å². The van der Waals surface area contributed by atoms with Gasteiger partial charge in [-0.1, -0.05) is 0 Å². The van der Waals surface area contributed by atoms with Crippen molar-refractivity contribution in [1.29, 1.82) is 0 Å². The maximum atomic E-state index is 12.1. The number of nitrogens with zero attached hydrogens (tertiary/aromatic N) is 2. The van der Waals surface area contributed by atoms with E-state index in [1.165, 1.54) is 6.20 Å². The zero-order valence-corrected chi connectivity index (χ0v) is 17.1. The second kappa shape index (κ2) is 11.5. The summed E-state index contributed by atoms with van der Waals surface area (Å²) in [6.45, 7) is 6.50. The van der Waals surface area contributed by atoms with E-state index in [0.717, 1.165) is 0 Å². The molecular weight excluding hydrogens is 382 g/mol. The van der Waals surface area contributed by atoms with Crippen LogP contribution in [0.3, 0.4) is 0 Å². The fourth-order valence-corrected chi connectivity index (χ4v) is 2.52. The molecule has 0 radical (unpaired) electrons. The van der Waals surface area contributed by atoms with Crippen LogP contribution in [-0.4, -0.2) is 87.3 Å².